The van der Waals surface area contributed by atoms with Crippen molar-refractivity contribution < 1.29 is 19.8 Å². The van der Waals surface area contributed by atoms with E-state index in [4.69, 9.17) is 5.73 Å². The van der Waals surface area contributed by atoms with E-state index >= 15 is 0 Å². The predicted octanol–water partition coefficient (Wildman–Crippen LogP) is 3.55. The lowest BCUT2D eigenvalue weighted by Gasteiger charge is -2.01. The molecule has 4 rings (SSSR count). The maximum atomic E-state index is 11.7. The molecule has 5 N–H and O–H groups in total. The summed E-state index contributed by atoms with van der Waals surface area (Å²) in [6.07, 6.45) is 0. The molecule has 0 aliphatic rings. The highest BCUT2D eigenvalue weighted by Crippen LogP contribution is 2.43. The lowest BCUT2D eigenvalue weighted by molar-refractivity contribution is 0.0702. The van der Waals surface area contributed by atoms with E-state index in [0.29, 0.717) is 26.9 Å². The molecule has 7 heteroatoms. The number of hydrogen-bond donors (Lipinski definition) is 4. The fourth-order valence-corrected chi connectivity index (χ4v) is 4.04. The molecule has 0 spiro atoms. The van der Waals surface area contributed by atoms with Gasteiger partial charge in [-0.15, -0.1) is 11.3 Å². The van der Waals surface area contributed by atoms with Gasteiger partial charge in [0.25, 0.3) is 0 Å². The van der Waals surface area contributed by atoms with Crippen LogP contribution in [-0.4, -0.2) is 27.1 Å². The average Bonchev–Trinajstić information content (AvgIpc) is 3.15. The van der Waals surface area contributed by atoms with Gasteiger partial charge in [-0.3, -0.25) is 4.79 Å². The molecule has 0 aliphatic carbocycles. The van der Waals surface area contributed by atoms with Gasteiger partial charge in [-0.2, -0.15) is 0 Å². The van der Waals surface area contributed by atoms with E-state index in [-0.39, 0.29) is 10.6 Å². The van der Waals surface area contributed by atoms with Gasteiger partial charge < -0.3 is 20.9 Å². The van der Waals surface area contributed by atoms with E-state index in [9.17, 15) is 19.8 Å². The molecule has 0 radical (unpaired) electrons. The number of aromatic hydroxyl groups is 1. The number of hydrogen-bond acceptors (Lipinski definition) is 4. The van der Waals surface area contributed by atoms with Crippen molar-refractivity contribution in [2.75, 3.05) is 0 Å². The fraction of sp³-hybridized carbons (Fsp3) is 0. The number of thiophene rings is 1. The minimum absolute atomic E-state index is 0.0210. The number of H-pyrrole nitrogens is 1. The number of amides is 1. The number of aromatic nitrogens is 1. The Bertz CT molecular complexity index is 1170. The highest BCUT2D eigenvalue weighted by molar-refractivity contribution is 7.21. The first-order valence-electron chi connectivity index (χ1n) is 7.36. The average molecular weight is 352 g/mol. The van der Waals surface area contributed by atoms with E-state index in [2.05, 4.69) is 4.98 Å². The minimum Gasteiger partial charge on any atom is -0.507 e. The lowest BCUT2D eigenvalue weighted by Crippen LogP contribution is -2.10. The molecule has 6 nitrogen and oxygen atoms in total. The number of phenols is 1. The number of carboxylic acid groups (broad SMARTS) is 1. The molecule has 0 saturated heterocycles. The molecule has 0 bridgehead atoms. The van der Waals surface area contributed by atoms with E-state index in [1.54, 1.807) is 36.4 Å². The van der Waals surface area contributed by atoms with Crippen molar-refractivity contribution in [2.45, 2.75) is 0 Å². The standard InChI is InChI=1S/C18H12N2O4S/c19-17(22)8-4-5-10-9(6-8)7-11(20-10)14-15-12(21)2-1-3-13(15)25-16(14)18(23)24/h1-7,20-21H,(H2,19,22)(H,23,24). The Labute approximate surface area is 145 Å². The molecule has 0 unspecified atom stereocenters. The highest BCUT2D eigenvalue weighted by Gasteiger charge is 2.22. The highest BCUT2D eigenvalue weighted by atomic mass is 32.1. The van der Waals surface area contributed by atoms with Crippen LogP contribution in [0.4, 0.5) is 0 Å². The summed E-state index contributed by atoms with van der Waals surface area (Å²) in [5.41, 5.74) is 7.41. The first kappa shape index (κ1) is 15.2. The van der Waals surface area contributed by atoms with Crippen LogP contribution in [0.25, 0.3) is 32.2 Å². The summed E-state index contributed by atoms with van der Waals surface area (Å²) in [5.74, 6) is -1.57. The molecule has 2 aromatic carbocycles. The molecule has 0 atom stereocenters. The number of aromatic carboxylic acids is 1. The summed E-state index contributed by atoms with van der Waals surface area (Å²) in [6, 6.07) is 11.7. The van der Waals surface area contributed by atoms with E-state index < -0.39 is 11.9 Å². The summed E-state index contributed by atoms with van der Waals surface area (Å²) >= 11 is 1.11. The van der Waals surface area contributed by atoms with Gasteiger partial charge in [0.2, 0.25) is 5.91 Å². The molecular weight excluding hydrogens is 340 g/mol. The molecule has 1 amide bonds. The molecular formula is C18H12N2O4S. The molecule has 124 valence electrons. The van der Waals surface area contributed by atoms with Crippen LogP contribution in [0.1, 0.15) is 20.0 Å². The molecule has 0 aliphatic heterocycles. The molecule has 25 heavy (non-hydrogen) atoms. The first-order chi connectivity index (χ1) is 12.0. The maximum Gasteiger partial charge on any atom is 0.346 e. The summed E-state index contributed by atoms with van der Waals surface area (Å²) < 4.78 is 0.684. The number of benzene rings is 2. The normalized spacial score (nSPS) is 11.2. The smallest absolute Gasteiger partial charge is 0.346 e. The molecule has 2 aromatic heterocycles. The molecule has 2 heterocycles. The lowest BCUT2D eigenvalue weighted by atomic mass is 10.1. The van der Waals surface area contributed by atoms with Crippen molar-refractivity contribution in [3.63, 3.8) is 0 Å². The van der Waals surface area contributed by atoms with Crippen molar-refractivity contribution in [3.05, 3.63) is 52.9 Å². The van der Waals surface area contributed by atoms with Crippen LogP contribution in [0, 0.1) is 0 Å². The van der Waals surface area contributed by atoms with Crippen molar-refractivity contribution >= 4 is 44.2 Å². The third-order valence-electron chi connectivity index (χ3n) is 4.06. The van der Waals surface area contributed by atoms with Crippen molar-refractivity contribution in [1.82, 2.24) is 4.98 Å². The van der Waals surface area contributed by atoms with Gasteiger partial charge in [-0.05, 0) is 36.4 Å². The van der Waals surface area contributed by atoms with Crippen LogP contribution in [0.2, 0.25) is 0 Å². The topological polar surface area (TPSA) is 116 Å². The summed E-state index contributed by atoms with van der Waals surface area (Å²) in [5, 5.41) is 21.0. The number of rotatable bonds is 3. The van der Waals surface area contributed by atoms with Crippen molar-refractivity contribution in [2.24, 2.45) is 5.73 Å². The second-order valence-electron chi connectivity index (χ2n) is 5.61. The van der Waals surface area contributed by atoms with Crippen LogP contribution >= 0.6 is 11.3 Å². The van der Waals surface area contributed by atoms with Crippen LogP contribution in [-0.2, 0) is 0 Å². The monoisotopic (exact) mass is 352 g/mol. The zero-order chi connectivity index (χ0) is 17.7. The quantitative estimate of drug-likeness (QED) is 0.451. The third kappa shape index (κ3) is 2.33. The summed E-state index contributed by atoms with van der Waals surface area (Å²) in [4.78, 5) is 26.3. The van der Waals surface area contributed by atoms with Crippen molar-refractivity contribution in [3.8, 4) is 17.0 Å². The Kier molecular flexibility index (Phi) is 3.26. The predicted molar refractivity (Wildman–Crippen MR) is 96.3 cm³/mol. The Morgan fingerprint density at radius 2 is 1.92 bits per heavy atom. The number of primary amides is 1. The van der Waals surface area contributed by atoms with Gasteiger partial charge in [-0.1, -0.05) is 6.07 Å². The summed E-state index contributed by atoms with van der Waals surface area (Å²) in [7, 11) is 0. The van der Waals surface area contributed by atoms with Crippen molar-refractivity contribution in [1.29, 1.82) is 0 Å². The van der Waals surface area contributed by atoms with E-state index in [0.717, 1.165) is 22.2 Å². The number of carboxylic acids is 1. The Morgan fingerprint density at radius 1 is 1.12 bits per heavy atom. The Morgan fingerprint density at radius 3 is 2.64 bits per heavy atom. The number of aromatic amines is 1. The van der Waals surface area contributed by atoms with Gasteiger partial charge in [0.15, 0.2) is 0 Å². The molecule has 4 aromatic rings. The van der Waals surface area contributed by atoms with Crippen LogP contribution < -0.4 is 5.73 Å². The fourth-order valence-electron chi connectivity index (χ4n) is 2.96. The molecule has 0 saturated carbocycles. The number of nitrogens with two attached hydrogens (primary N) is 1. The van der Waals surface area contributed by atoms with E-state index in [1.807, 2.05) is 0 Å². The van der Waals surface area contributed by atoms with Crippen LogP contribution in [0.15, 0.2) is 42.5 Å². The number of carbonyl (C=O) groups excluding carboxylic acids is 1. The number of phenolic OH excluding ortho intramolecular Hbond substituents is 1. The largest absolute Gasteiger partial charge is 0.507 e. The zero-order valence-corrected chi connectivity index (χ0v) is 13.6. The summed E-state index contributed by atoms with van der Waals surface area (Å²) in [6.45, 7) is 0. The Balaban J connectivity index is 2.04. The van der Waals surface area contributed by atoms with Gasteiger partial charge in [-0.25, -0.2) is 4.79 Å². The van der Waals surface area contributed by atoms with Gasteiger partial charge in [0, 0.05) is 37.8 Å². The van der Waals surface area contributed by atoms with Crippen LogP contribution in [0.3, 0.4) is 0 Å². The van der Waals surface area contributed by atoms with E-state index in [1.165, 1.54) is 6.07 Å². The van der Waals surface area contributed by atoms with Crippen LogP contribution in [0.5, 0.6) is 5.75 Å². The minimum atomic E-state index is -1.06. The third-order valence-corrected chi connectivity index (χ3v) is 5.21. The maximum absolute atomic E-state index is 11.7. The number of fused-ring (bicyclic) bond motifs is 2. The SMILES string of the molecule is NC(=O)c1ccc2[nH]c(-c3c(C(=O)O)sc4cccc(O)c34)cc2c1. The second-order valence-corrected chi connectivity index (χ2v) is 6.66. The number of nitrogens with one attached hydrogen (secondary N) is 1. The molecule has 0 fully saturated rings. The Hall–Kier alpha value is -3.32. The van der Waals surface area contributed by atoms with Gasteiger partial charge in [0.1, 0.15) is 10.6 Å². The van der Waals surface area contributed by atoms with Gasteiger partial charge in [0.05, 0.1) is 0 Å². The van der Waals surface area contributed by atoms with Gasteiger partial charge >= 0.3 is 5.97 Å². The number of carbonyl (C=O) groups is 2. The zero-order valence-electron chi connectivity index (χ0n) is 12.7. The first-order valence-corrected chi connectivity index (χ1v) is 8.18. The second kappa shape index (κ2) is 5.35.